The van der Waals surface area contributed by atoms with Gasteiger partial charge < -0.3 is 14.2 Å². The third-order valence-electron chi connectivity index (χ3n) is 12.0. The van der Waals surface area contributed by atoms with E-state index in [-0.39, 0.29) is 31.1 Å². The number of carbonyl (C=O) groups excluding carboxylic acids is 3. The zero-order chi connectivity index (χ0) is 43.7. The van der Waals surface area contributed by atoms with Crippen molar-refractivity contribution >= 4 is 17.9 Å². The lowest BCUT2D eigenvalue weighted by Gasteiger charge is -2.18. The molecule has 354 valence electrons. The van der Waals surface area contributed by atoms with E-state index < -0.39 is 6.10 Å². The standard InChI is InChI=1S/C54H102O6/c1-4-7-10-13-15-17-18-19-20-21-22-23-24-25-26-27-28-29-30-31-32-33-34-35-36-37-39-41-44-47-53(56)59-50-51(49-58-52(55)46-43-40-12-9-6-3)60-54(57)48-45-42-38-16-14-11-8-5-2/h21-22,51H,4-20,23-50H2,1-3H3/b22-21-. The zero-order valence-corrected chi connectivity index (χ0v) is 40.5. The first-order chi connectivity index (χ1) is 29.5. The molecule has 0 heterocycles. The summed E-state index contributed by atoms with van der Waals surface area (Å²) in [6.45, 7) is 6.55. The molecule has 0 fully saturated rings. The highest BCUT2D eigenvalue weighted by Gasteiger charge is 2.19. The van der Waals surface area contributed by atoms with Crippen LogP contribution in [0.3, 0.4) is 0 Å². The Balaban J connectivity index is 3.83. The summed E-state index contributed by atoms with van der Waals surface area (Å²) >= 11 is 0. The van der Waals surface area contributed by atoms with Crippen LogP contribution < -0.4 is 0 Å². The number of rotatable bonds is 49. The number of hydrogen-bond donors (Lipinski definition) is 0. The summed E-state index contributed by atoms with van der Waals surface area (Å²) in [4.78, 5) is 37.4. The number of unbranched alkanes of at least 4 members (excludes halogenated alkanes) is 36. The molecule has 0 rings (SSSR count). The van der Waals surface area contributed by atoms with Crippen molar-refractivity contribution in [1.82, 2.24) is 0 Å². The zero-order valence-electron chi connectivity index (χ0n) is 40.5. The molecule has 1 unspecified atom stereocenters. The Morgan fingerprint density at radius 1 is 0.317 bits per heavy atom. The molecule has 6 heteroatoms. The van der Waals surface area contributed by atoms with Crippen molar-refractivity contribution in [1.29, 1.82) is 0 Å². The minimum Gasteiger partial charge on any atom is -0.462 e. The second-order valence-corrected chi connectivity index (χ2v) is 18.2. The van der Waals surface area contributed by atoms with Gasteiger partial charge in [-0.25, -0.2) is 0 Å². The van der Waals surface area contributed by atoms with Gasteiger partial charge in [0.1, 0.15) is 13.2 Å². The Hall–Kier alpha value is -1.85. The summed E-state index contributed by atoms with van der Waals surface area (Å²) in [5.74, 6) is -0.873. The third kappa shape index (κ3) is 47.2. The van der Waals surface area contributed by atoms with Gasteiger partial charge >= 0.3 is 17.9 Å². The van der Waals surface area contributed by atoms with E-state index in [1.54, 1.807) is 0 Å². The van der Waals surface area contributed by atoms with E-state index in [9.17, 15) is 14.4 Å². The van der Waals surface area contributed by atoms with E-state index in [0.717, 1.165) is 64.2 Å². The smallest absolute Gasteiger partial charge is 0.306 e. The van der Waals surface area contributed by atoms with Crippen LogP contribution in [0.25, 0.3) is 0 Å². The van der Waals surface area contributed by atoms with Gasteiger partial charge in [0.2, 0.25) is 0 Å². The molecule has 0 radical (unpaired) electrons. The number of carbonyl (C=O) groups is 3. The third-order valence-corrected chi connectivity index (χ3v) is 12.0. The van der Waals surface area contributed by atoms with Crippen LogP contribution in [0.5, 0.6) is 0 Å². The molecular formula is C54H102O6. The molecule has 0 saturated heterocycles. The summed E-state index contributed by atoms with van der Waals surface area (Å²) in [5.41, 5.74) is 0. The maximum Gasteiger partial charge on any atom is 0.306 e. The molecule has 0 amide bonds. The highest BCUT2D eigenvalue weighted by atomic mass is 16.6. The fraction of sp³-hybridized carbons (Fsp3) is 0.907. The quantitative estimate of drug-likeness (QED) is 0.0263. The Morgan fingerprint density at radius 2 is 0.550 bits per heavy atom. The van der Waals surface area contributed by atoms with Crippen LogP contribution >= 0.6 is 0 Å². The average molecular weight is 847 g/mol. The van der Waals surface area contributed by atoms with Gasteiger partial charge in [0, 0.05) is 19.3 Å². The van der Waals surface area contributed by atoms with Gasteiger partial charge in [0.15, 0.2) is 6.10 Å². The van der Waals surface area contributed by atoms with Gasteiger partial charge in [0.05, 0.1) is 0 Å². The lowest BCUT2D eigenvalue weighted by molar-refractivity contribution is -0.167. The normalized spacial score (nSPS) is 12.0. The van der Waals surface area contributed by atoms with Crippen LogP contribution in [0.15, 0.2) is 12.2 Å². The Bertz CT molecular complexity index is 931. The summed E-state index contributed by atoms with van der Waals surface area (Å²) in [6.07, 6.45) is 55.6. The van der Waals surface area contributed by atoms with Crippen LogP contribution in [0, 0.1) is 0 Å². The highest BCUT2D eigenvalue weighted by Crippen LogP contribution is 2.16. The van der Waals surface area contributed by atoms with Crippen LogP contribution in [-0.4, -0.2) is 37.2 Å². The van der Waals surface area contributed by atoms with E-state index in [1.807, 2.05) is 0 Å². The van der Waals surface area contributed by atoms with Crippen molar-refractivity contribution < 1.29 is 28.6 Å². The Labute approximate surface area is 373 Å². The largest absolute Gasteiger partial charge is 0.462 e. The molecule has 0 aromatic rings. The predicted octanol–water partition coefficient (Wildman–Crippen LogP) is 17.4. The molecule has 0 bridgehead atoms. The van der Waals surface area contributed by atoms with E-state index in [0.29, 0.717) is 19.3 Å². The maximum absolute atomic E-state index is 12.6. The van der Waals surface area contributed by atoms with Crippen molar-refractivity contribution in [2.45, 2.75) is 303 Å². The molecule has 0 aliphatic carbocycles. The molecule has 0 spiro atoms. The average Bonchev–Trinajstić information content (AvgIpc) is 3.24. The summed E-state index contributed by atoms with van der Waals surface area (Å²) in [5, 5.41) is 0. The second-order valence-electron chi connectivity index (χ2n) is 18.2. The lowest BCUT2D eigenvalue weighted by Crippen LogP contribution is -2.30. The van der Waals surface area contributed by atoms with E-state index in [2.05, 4.69) is 32.9 Å². The minimum absolute atomic E-state index is 0.0660. The first-order valence-electron chi connectivity index (χ1n) is 26.7. The van der Waals surface area contributed by atoms with Gasteiger partial charge in [-0.3, -0.25) is 14.4 Å². The SMILES string of the molecule is CCCCCCCCCC/C=C\CCCCCCCCCCCCCCCCCCCC(=O)OCC(COC(=O)CCCCCCC)OC(=O)CCCCCCCCCC. The van der Waals surface area contributed by atoms with Crippen molar-refractivity contribution in [2.75, 3.05) is 13.2 Å². The number of hydrogen-bond acceptors (Lipinski definition) is 6. The van der Waals surface area contributed by atoms with Gasteiger partial charge in [-0.2, -0.15) is 0 Å². The maximum atomic E-state index is 12.6. The van der Waals surface area contributed by atoms with Crippen LogP contribution in [0.1, 0.15) is 297 Å². The number of ether oxygens (including phenoxy) is 3. The van der Waals surface area contributed by atoms with Gasteiger partial charge in [-0.1, -0.05) is 245 Å². The Morgan fingerprint density at radius 3 is 0.833 bits per heavy atom. The molecule has 60 heavy (non-hydrogen) atoms. The fourth-order valence-electron chi connectivity index (χ4n) is 7.97. The van der Waals surface area contributed by atoms with Crippen molar-refractivity contribution in [2.24, 2.45) is 0 Å². The lowest BCUT2D eigenvalue weighted by atomic mass is 10.0. The first kappa shape index (κ1) is 58.1. The van der Waals surface area contributed by atoms with Crippen molar-refractivity contribution in [3.8, 4) is 0 Å². The van der Waals surface area contributed by atoms with E-state index in [4.69, 9.17) is 14.2 Å². The Kier molecular flexibility index (Phi) is 48.3. The molecule has 0 aliphatic rings. The predicted molar refractivity (Wildman–Crippen MR) is 256 cm³/mol. The fourth-order valence-corrected chi connectivity index (χ4v) is 7.97. The van der Waals surface area contributed by atoms with Crippen molar-refractivity contribution in [3.05, 3.63) is 12.2 Å². The van der Waals surface area contributed by atoms with Gasteiger partial charge in [0.25, 0.3) is 0 Å². The molecule has 6 nitrogen and oxygen atoms in total. The molecule has 0 N–H and O–H groups in total. The first-order valence-corrected chi connectivity index (χ1v) is 26.7. The van der Waals surface area contributed by atoms with Crippen molar-refractivity contribution in [3.63, 3.8) is 0 Å². The number of allylic oxidation sites excluding steroid dienone is 2. The minimum atomic E-state index is -0.758. The van der Waals surface area contributed by atoms with E-state index in [1.165, 1.54) is 193 Å². The molecule has 0 aromatic carbocycles. The molecule has 1 atom stereocenters. The van der Waals surface area contributed by atoms with Gasteiger partial charge in [-0.15, -0.1) is 0 Å². The molecule has 0 aromatic heterocycles. The monoisotopic (exact) mass is 847 g/mol. The topological polar surface area (TPSA) is 78.9 Å². The molecular weight excluding hydrogens is 745 g/mol. The second kappa shape index (κ2) is 49.8. The molecule has 0 aliphatic heterocycles. The van der Waals surface area contributed by atoms with E-state index >= 15 is 0 Å². The summed E-state index contributed by atoms with van der Waals surface area (Å²) < 4.78 is 16.6. The highest BCUT2D eigenvalue weighted by molar-refractivity contribution is 5.71. The number of esters is 3. The molecule has 0 saturated carbocycles. The van der Waals surface area contributed by atoms with Gasteiger partial charge in [-0.05, 0) is 44.9 Å². The van der Waals surface area contributed by atoms with Crippen LogP contribution in [0.2, 0.25) is 0 Å². The van der Waals surface area contributed by atoms with Crippen LogP contribution in [0.4, 0.5) is 0 Å². The summed E-state index contributed by atoms with van der Waals surface area (Å²) in [6, 6.07) is 0. The summed E-state index contributed by atoms with van der Waals surface area (Å²) in [7, 11) is 0. The van der Waals surface area contributed by atoms with Crippen LogP contribution in [-0.2, 0) is 28.6 Å².